The highest BCUT2D eigenvalue weighted by Gasteiger charge is 2.49. The number of piperazine rings is 1. The van der Waals surface area contributed by atoms with Gasteiger partial charge in [0.15, 0.2) is 0 Å². The van der Waals surface area contributed by atoms with Gasteiger partial charge in [-0.15, -0.1) is 11.8 Å². The van der Waals surface area contributed by atoms with E-state index in [0.29, 0.717) is 81.2 Å². The molecule has 5 aliphatic rings. The number of halogens is 4. The fourth-order valence-electron chi connectivity index (χ4n) is 12.4. The first-order valence-corrected chi connectivity index (χ1v) is 34.1. The van der Waals surface area contributed by atoms with Crippen molar-refractivity contribution in [2.24, 2.45) is 5.41 Å². The summed E-state index contributed by atoms with van der Waals surface area (Å²) >= 11 is 7.79. The molecule has 10 rings (SSSR count). The second-order valence-electron chi connectivity index (χ2n) is 23.7. The van der Waals surface area contributed by atoms with Gasteiger partial charge in [0, 0.05) is 123 Å². The van der Waals surface area contributed by atoms with Crippen LogP contribution in [0.2, 0.25) is 5.02 Å². The van der Waals surface area contributed by atoms with Crippen molar-refractivity contribution in [3.8, 4) is 11.8 Å². The number of hydrogen-bond donors (Lipinski definition) is 3. The predicted molar refractivity (Wildman–Crippen MR) is 338 cm³/mol. The van der Waals surface area contributed by atoms with E-state index in [0.717, 1.165) is 97.8 Å². The van der Waals surface area contributed by atoms with Crippen molar-refractivity contribution < 1.29 is 53.9 Å². The Morgan fingerprint density at radius 1 is 0.888 bits per heavy atom. The second-order valence-corrected chi connectivity index (χ2v) is 28.9. The number of sulfonamides is 1. The summed E-state index contributed by atoms with van der Waals surface area (Å²) in [5.41, 5.74) is 0.456. The molecule has 4 amide bonds. The van der Waals surface area contributed by atoms with E-state index in [1.807, 2.05) is 59.3 Å². The van der Waals surface area contributed by atoms with Gasteiger partial charge in [0.05, 0.1) is 23.7 Å². The number of alkyl halides is 3. The lowest BCUT2D eigenvalue weighted by Crippen LogP contribution is -2.52. The average molecular weight is 1300 g/mol. The monoisotopic (exact) mass is 1300 g/mol. The van der Waals surface area contributed by atoms with Crippen molar-refractivity contribution >= 4 is 83.8 Å². The summed E-state index contributed by atoms with van der Waals surface area (Å²) in [6.45, 7) is 10.6. The van der Waals surface area contributed by atoms with E-state index in [-0.39, 0.29) is 35.8 Å². The van der Waals surface area contributed by atoms with E-state index in [4.69, 9.17) is 16.3 Å². The van der Waals surface area contributed by atoms with Crippen LogP contribution in [-0.2, 0) is 40.7 Å². The summed E-state index contributed by atoms with van der Waals surface area (Å²) in [6, 6.07) is 30.4. The van der Waals surface area contributed by atoms with Crippen LogP contribution in [0.4, 0.5) is 24.5 Å². The number of nitrogens with zero attached hydrogens (tertiary/aromatic N) is 5. The lowest BCUT2D eigenvalue weighted by atomic mass is 9.71. The number of piperidine rings is 1. The number of sulfone groups is 1. The molecule has 472 valence electrons. The number of fused-ring (bicyclic) bond motifs is 1. The average Bonchev–Trinajstić information content (AvgIpc) is 1.43. The van der Waals surface area contributed by atoms with Crippen molar-refractivity contribution in [1.82, 2.24) is 29.6 Å². The molecule has 5 aromatic carbocycles. The third kappa shape index (κ3) is 16.2. The summed E-state index contributed by atoms with van der Waals surface area (Å²) in [7, 11) is -8.93. The van der Waals surface area contributed by atoms with Gasteiger partial charge in [0.1, 0.15) is 10.9 Å². The minimum Gasteiger partial charge on any atom is -0.380 e. The molecular weight excluding hydrogens is 1230 g/mol. The largest absolute Gasteiger partial charge is 0.501 e. The molecule has 3 fully saturated rings. The Balaban J connectivity index is 0.756. The van der Waals surface area contributed by atoms with Gasteiger partial charge in [-0.3, -0.25) is 34.3 Å². The van der Waals surface area contributed by atoms with Crippen molar-refractivity contribution in [1.29, 1.82) is 0 Å². The summed E-state index contributed by atoms with van der Waals surface area (Å²) in [5, 5.41) is 6.02. The Morgan fingerprint density at radius 2 is 1.64 bits per heavy atom. The van der Waals surface area contributed by atoms with E-state index in [2.05, 4.69) is 68.2 Å². The van der Waals surface area contributed by atoms with Crippen LogP contribution < -0.4 is 20.3 Å². The fourth-order valence-corrected chi connectivity index (χ4v) is 15.5. The van der Waals surface area contributed by atoms with Gasteiger partial charge in [0.2, 0.25) is 11.8 Å². The van der Waals surface area contributed by atoms with Crippen molar-refractivity contribution in [2.45, 2.75) is 90.7 Å². The molecule has 0 radical (unpaired) electrons. The first kappa shape index (κ1) is 65.2. The minimum absolute atomic E-state index is 0.0359. The number of ether oxygens (including phenoxy) is 1. The molecule has 3 N–H and O–H groups in total. The lowest BCUT2D eigenvalue weighted by molar-refractivity contribution is -0.136. The third-order valence-corrected chi connectivity index (χ3v) is 21.3. The second kappa shape index (κ2) is 28.2. The molecule has 3 atom stereocenters. The molecule has 5 aromatic rings. The quantitative estimate of drug-likeness (QED) is 0.0379. The molecule has 1 unspecified atom stereocenters. The van der Waals surface area contributed by atoms with E-state index in [1.54, 1.807) is 18.2 Å². The molecule has 0 aromatic heterocycles. The topological polar surface area (TPSA) is 198 Å². The number of thioether (sulfide) groups is 1. The van der Waals surface area contributed by atoms with Gasteiger partial charge in [-0.1, -0.05) is 66.3 Å². The van der Waals surface area contributed by atoms with Gasteiger partial charge in [0.25, 0.3) is 31.7 Å². The molecule has 0 bridgehead atoms. The van der Waals surface area contributed by atoms with E-state index < -0.39 is 64.7 Å². The van der Waals surface area contributed by atoms with Crippen LogP contribution in [0.5, 0.6) is 0 Å². The normalized spacial score (nSPS) is 20.2. The first-order valence-electron chi connectivity index (χ1n) is 29.8. The molecule has 24 heteroatoms. The van der Waals surface area contributed by atoms with Crippen LogP contribution >= 0.6 is 23.4 Å². The summed E-state index contributed by atoms with van der Waals surface area (Å²) < 4.78 is 105. The number of allylic oxidation sites excluding steroid dienone is 1. The Hall–Kier alpha value is -6.75. The maximum atomic E-state index is 14.4. The predicted octanol–water partition coefficient (Wildman–Crippen LogP) is 8.95. The zero-order chi connectivity index (χ0) is 63.1. The molecule has 3 saturated heterocycles. The molecule has 1 aliphatic carbocycles. The fraction of sp³-hybridized carbons (Fsp3) is 0.415. The number of rotatable bonds is 20. The van der Waals surface area contributed by atoms with E-state index >= 15 is 0 Å². The van der Waals surface area contributed by atoms with E-state index in [9.17, 15) is 49.2 Å². The zero-order valence-corrected chi connectivity index (χ0v) is 52.8. The number of benzene rings is 5. The molecular formula is C65H72ClF3N8O9S3. The lowest BCUT2D eigenvalue weighted by Gasteiger charge is -2.42. The molecule has 17 nitrogen and oxygen atoms in total. The number of nitrogens with one attached hydrogen (secondary N) is 3. The van der Waals surface area contributed by atoms with Crippen molar-refractivity contribution in [3.63, 3.8) is 0 Å². The zero-order valence-electron chi connectivity index (χ0n) is 49.6. The standard InChI is InChI=1S/C65H72ClF3N8O9S3/c1-64(44-73(2)28-6-8-45-11-21-56-48(38-45)42-77(63(56)81)58-23-24-60(78)71-62(58)80)27-25-55(46-12-16-50(66)17-13-46)49(40-64)41-75-31-33-76(34-32-75)52-18-14-47(15-19-52)61(79)72-89(84,85)54-20-22-57(59(39-54)88(82,83)65(67,68)69)70-51(43-87-53-9-4-3-5-10-53)26-30-74-29-7-36-86-37-35-74/h3-5,9-22,38-39,51,58,70H,7,23-37,40-44H2,1-2H3,(H,72,79)(H,71,78,80)/t51-,58?,64-/m1/s1. The Labute approximate surface area is 527 Å². The molecule has 0 saturated carbocycles. The maximum Gasteiger partial charge on any atom is 0.501 e. The van der Waals surface area contributed by atoms with Gasteiger partial charge in [-0.2, -0.15) is 13.2 Å². The van der Waals surface area contributed by atoms with Crippen LogP contribution in [0.25, 0.3) is 5.57 Å². The number of anilines is 2. The highest BCUT2D eigenvalue weighted by Crippen LogP contribution is 2.44. The summed E-state index contributed by atoms with van der Waals surface area (Å²) in [6.07, 6.45) is 4.44. The molecule has 4 aliphatic heterocycles. The Bertz CT molecular complexity index is 3760. The van der Waals surface area contributed by atoms with Gasteiger partial charge in [-0.05, 0) is 153 Å². The highest BCUT2D eigenvalue weighted by molar-refractivity contribution is 7.99. The van der Waals surface area contributed by atoms with Crippen LogP contribution in [0.3, 0.4) is 0 Å². The summed E-state index contributed by atoms with van der Waals surface area (Å²) in [4.78, 5) is 60.5. The summed E-state index contributed by atoms with van der Waals surface area (Å²) in [5.74, 6) is 4.90. The number of amides is 4. The highest BCUT2D eigenvalue weighted by atomic mass is 35.5. The first-order chi connectivity index (χ1) is 42.5. The number of carbonyl (C=O) groups is 4. The van der Waals surface area contributed by atoms with Crippen LogP contribution in [0.15, 0.2) is 136 Å². The molecule has 4 heterocycles. The number of carbonyl (C=O) groups excluding carboxylic acids is 4. The van der Waals surface area contributed by atoms with Crippen molar-refractivity contribution in [2.75, 3.05) is 102 Å². The van der Waals surface area contributed by atoms with Crippen molar-refractivity contribution in [3.05, 3.63) is 154 Å². The van der Waals surface area contributed by atoms with E-state index in [1.165, 1.54) is 39.9 Å². The Morgan fingerprint density at radius 3 is 2.37 bits per heavy atom. The maximum absolute atomic E-state index is 14.4. The number of hydrogen-bond acceptors (Lipinski definition) is 15. The number of imide groups is 1. The van der Waals surface area contributed by atoms with Gasteiger partial charge in [-0.25, -0.2) is 21.6 Å². The van der Waals surface area contributed by atoms with Crippen LogP contribution in [0.1, 0.15) is 89.3 Å². The van der Waals surface area contributed by atoms with Gasteiger partial charge >= 0.3 is 5.51 Å². The third-order valence-electron chi connectivity index (χ3n) is 17.0. The minimum atomic E-state index is -6.10. The Kier molecular flexibility index (Phi) is 20.7. The smallest absolute Gasteiger partial charge is 0.380 e. The van der Waals surface area contributed by atoms with Crippen LogP contribution in [0, 0.1) is 17.3 Å². The van der Waals surface area contributed by atoms with Crippen LogP contribution in [-0.4, -0.2) is 169 Å². The SMILES string of the molecule is CN(CC#Cc1ccc2c(c1)CN(C1CCC(=O)NC1=O)C2=O)C[C@]1(C)CCC(c2ccc(Cl)cc2)=C(CN2CCN(c3ccc(C(=O)NS(=O)(=O)c4ccc(N[C@H](CCN5CCCOCC5)CSc5ccccc5)c(S(=O)(=O)C(F)(F)F)c4)cc3)CC2)C1. The molecule has 89 heavy (non-hydrogen) atoms. The van der Waals surface area contributed by atoms with Gasteiger partial charge < -0.3 is 24.8 Å². The molecule has 0 spiro atoms.